The van der Waals surface area contributed by atoms with Gasteiger partial charge in [-0.05, 0) is 27.2 Å². The molecule has 2 heterocycles. The van der Waals surface area contributed by atoms with Crippen LogP contribution in [0.3, 0.4) is 0 Å². The highest BCUT2D eigenvalue weighted by molar-refractivity contribution is 5.83. The molecule has 0 aromatic carbocycles. The smallest absolute Gasteiger partial charge is 0.227 e. The Morgan fingerprint density at radius 3 is 2.95 bits per heavy atom. The Bertz CT molecular complexity index is 504. The summed E-state index contributed by atoms with van der Waals surface area (Å²) in [6, 6.07) is 0. The number of rotatable bonds is 4. The van der Waals surface area contributed by atoms with Gasteiger partial charge >= 0.3 is 0 Å². The number of nitrogens with one attached hydrogen (secondary N) is 2. The summed E-state index contributed by atoms with van der Waals surface area (Å²) in [6.45, 7) is 8.34. The number of aryl methyl sites for hydroxylation is 1. The molecule has 110 valence electrons. The molecular weight excluding hydrogens is 254 g/mol. The third-order valence-corrected chi connectivity index (χ3v) is 3.83. The summed E-state index contributed by atoms with van der Waals surface area (Å²) < 4.78 is 0. The topological polar surface area (TPSA) is 70.2 Å². The third-order valence-electron chi connectivity index (χ3n) is 3.83. The second-order valence-corrected chi connectivity index (χ2v) is 5.54. The number of hydrogen-bond acceptors (Lipinski definition) is 5. The van der Waals surface area contributed by atoms with E-state index in [1.165, 1.54) is 0 Å². The SMILES string of the molecule is CCNc1ncc(C)c(N2CCC(C)(C(=O)NC)C2)n1. The lowest BCUT2D eigenvalue weighted by atomic mass is 9.89. The predicted molar refractivity (Wildman–Crippen MR) is 79.9 cm³/mol. The van der Waals surface area contributed by atoms with Crippen molar-refractivity contribution < 1.29 is 4.79 Å². The molecule has 1 amide bonds. The number of hydrogen-bond donors (Lipinski definition) is 2. The first kappa shape index (κ1) is 14.6. The maximum atomic E-state index is 12.0. The normalized spacial score (nSPS) is 21.9. The molecule has 0 saturated carbocycles. The van der Waals surface area contributed by atoms with Crippen LogP contribution >= 0.6 is 0 Å². The van der Waals surface area contributed by atoms with Crippen LogP contribution in [0.5, 0.6) is 0 Å². The summed E-state index contributed by atoms with van der Waals surface area (Å²) in [7, 11) is 1.69. The molecule has 1 saturated heterocycles. The highest BCUT2D eigenvalue weighted by atomic mass is 16.2. The number of aromatic nitrogens is 2. The van der Waals surface area contributed by atoms with Gasteiger partial charge < -0.3 is 15.5 Å². The van der Waals surface area contributed by atoms with E-state index < -0.39 is 0 Å². The van der Waals surface area contributed by atoms with Crippen LogP contribution in [0.15, 0.2) is 6.20 Å². The van der Waals surface area contributed by atoms with Gasteiger partial charge in [0.25, 0.3) is 0 Å². The van der Waals surface area contributed by atoms with Gasteiger partial charge in [-0.1, -0.05) is 0 Å². The number of nitrogens with zero attached hydrogens (tertiary/aromatic N) is 3. The Balaban J connectivity index is 2.21. The molecule has 0 bridgehead atoms. The van der Waals surface area contributed by atoms with Gasteiger partial charge in [-0.3, -0.25) is 4.79 Å². The summed E-state index contributed by atoms with van der Waals surface area (Å²) >= 11 is 0. The molecule has 1 atom stereocenters. The van der Waals surface area contributed by atoms with Crippen LogP contribution in [0, 0.1) is 12.3 Å². The molecule has 20 heavy (non-hydrogen) atoms. The maximum absolute atomic E-state index is 12.0. The van der Waals surface area contributed by atoms with Crippen molar-refractivity contribution in [2.24, 2.45) is 5.41 Å². The van der Waals surface area contributed by atoms with Gasteiger partial charge in [0.1, 0.15) is 5.82 Å². The van der Waals surface area contributed by atoms with Gasteiger partial charge in [0.05, 0.1) is 5.41 Å². The van der Waals surface area contributed by atoms with E-state index in [-0.39, 0.29) is 11.3 Å². The van der Waals surface area contributed by atoms with Crippen LogP contribution < -0.4 is 15.5 Å². The zero-order valence-electron chi connectivity index (χ0n) is 12.7. The van der Waals surface area contributed by atoms with Gasteiger partial charge in [0.15, 0.2) is 0 Å². The van der Waals surface area contributed by atoms with E-state index in [9.17, 15) is 4.79 Å². The molecule has 0 aliphatic carbocycles. The van der Waals surface area contributed by atoms with Crippen LogP contribution in [0.25, 0.3) is 0 Å². The summed E-state index contributed by atoms with van der Waals surface area (Å²) in [4.78, 5) is 23.0. The number of amides is 1. The molecule has 0 spiro atoms. The molecule has 0 radical (unpaired) electrons. The zero-order chi connectivity index (χ0) is 14.8. The molecule has 2 rings (SSSR count). The van der Waals surface area contributed by atoms with E-state index in [1.807, 2.05) is 27.0 Å². The molecule has 1 aromatic heterocycles. The minimum atomic E-state index is -0.343. The molecule has 1 fully saturated rings. The molecule has 2 N–H and O–H groups in total. The second kappa shape index (κ2) is 5.64. The average molecular weight is 277 g/mol. The Labute approximate surface area is 120 Å². The van der Waals surface area contributed by atoms with Crippen LogP contribution in [0.4, 0.5) is 11.8 Å². The van der Waals surface area contributed by atoms with E-state index in [4.69, 9.17) is 0 Å². The first-order valence-corrected chi connectivity index (χ1v) is 7.05. The zero-order valence-corrected chi connectivity index (χ0v) is 12.7. The fraction of sp³-hybridized carbons (Fsp3) is 0.643. The van der Waals surface area contributed by atoms with Crippen molar-refractivity contribution in [1.82, 2.24) is 15.3 Å². The molecule has 1 aromatic rings. The Morgan fingerprint density at radius 1 is 1.55 bits per heavy atom. The first-order valence-electron chi connectivity index (χ1n) is 7.05. The molecule has 1 aliphatic rings. The lowest BCUT2D eigenvalue weighted by molar-refractivity contribution is -0.128. The van der Waals surface area contributed by atoms with Crippen molar-refractivity contribution in [3.8, 4) is 0 Å². The molecular formula is C14H23N5O. The van der Waals surface area contributed by atoms with Crippen molar-refractivity contribution in [1.29, 1.82) is 0 Å². The Hall–Kier alpha value is -1.85. The van der Waals surface area contributed by atoms with E-state index in [0.29, 0.717) is 12.5 Å². The van der Waals surface area contributed by atoms with E-state index in [2.05, 4.69) is 25.5 Å². The monoisotopic (exact) mass is 277 g/mol. The summed E-state index contributed by atoms with van der Waals surface area (Å²) in [5, 5.41) is 5.88. The third kappa shape index (κ3) is 2.69. The summed E-state index contributed by atoms with van der Waals surface area (Å²) in [5.74, 6) is 1.66. The highest BCUT2D eigenvalue weighted by Gasteiger charge is 2.40. The quantitative estimate of drug-likeness (QED) is 0.865. The summed E-state index contributed by atoms with van der Waals surface area (Å²) in [6.07, 6.45) is 2.67. The lowest BCUT2D eigenvalue weighted by Gasteiger charge is -2.24. The lowest BCUT2D eigenvalue weighted by Crippen LogP contribution is -2.39. The van der Waals surface area contributed by atoms with Crippen LogP contribution in [0.2, 0.25) is 0 Å². The van der Waals surface area contributed by atoms with Crippen LogP contribution in [-0.2, 0) is 4.79 Å². The molecule has 6 nitrogen and oxygen atoms in total. The van der Waals surface area contributed by atoms with E-state index in [1.54, 1.807) is 7.05 Å². The largest absolute Gasteiger partial charge is 0.359 e. The minimum Gasteiger partial charge on any atom is -0.359 e. The van der Waals surface area contributed by atoms with Gasteiger partial charge in [0.2, 0.25) is 11.9 Å². The van der Waals surface area contributed by atoms with E-state index >= 15 is 0 Å². The highest BCUT2D eigenvalue weighted by Crippen LogP contribution is 2.33. The molecule has 1 aliphatic heterocycles. The number of carbonyl (C=O) groups excluding carboxylic acids is 1. The van der Waals surface area contributed by atoms with Crippen molar-refractivity contribution in [2.75, 3.05) is 36.9 Å². The van der Waals surface area contributed by atoms with E-state index in [0.717, 1.165) is 30.9 Å². The van der Waals surface area contributed by atoms with Gasteiger partial charge in [0, 0.05) is 38.4 Å². The predicted octanol–water partition coefficient (Wildman–Crippen LogP) is 1.18. The molecule has 6 heteroatoms. The average Bonchev–Trinajstić information content (AvgIpc) is 2.84. The minimum absolute atomic E-state index is 0.0959. The van der Waals surface area contributed by atoms with Gasteiger partial charge in [-0.15, -0.1) is 0 Å². The number of carbonyl (C=O) groups is 1. The van der Waals surface area contributed by atoms with Crippen molar-refractivity contribution in [3.05, 3.63) is 11.8 Å². The van der Waals surface area contributed by atoms with Crippen molar-refractivity contribution in [3.63, 3.8) is 0 Å². The Kier molecular flexibility index (Phi) is 4.11. The van der Waals surface area contributed by atoms with Crippen molar-refractivity contribution >= 4 is 17.7 Å². The van der Waals surface area contributed by atoms with Crippen molar-refractivity contribution in [2.45, 2.75) is 27.2 Å². The standard InChI is InChI=1S/C14H23N5O/c1-5-16-13-17-8-10(2)11(18-13)19-7-6-14(3,9-19)12(20)15-4/h8H,5-7,9H2,1-4H3,(H,15,20)(H,16,17,18). The second-order valence-electron chi connectivity index (χ2n) is 5.54. The number of anilines is 2. The summed E-state index contributed by atoms with van der Waals surface area (Å²) in [5.41, 5.74) is 0.692. The van der Waals surface area contributed by atoms with Gasteiger partial charge in [-0.25, -0.2) is 4.98 Å². The molecule has 1 unspecified atom stereocenters. The van der Waals surface area contributed by atoms with Crippen LogP contribution in [0.1, 0.15) is 25.8 Å². The van der Waals surface area contributed by atoms with Crippen LogP contribution in [-0.4, -0.2) is 42.6 Å². The fourth-order valence-corrected chi connectivity index (χ4v) is 2.63. The Morgan fingerprint density at radius 2 is 2.30 bits per heavy atom. The van der Waals surface area contributed by atoms with Gasteiger partial charge in [-0.2, -0.15) is 4.98 Å². The first-order chi connectivity index (χ1) is 9.50. The fourth-order valence-electron chi connectivity index (χ4n) is 2.63. The maximum Gasteiger partial charge on any atom is 0.227 e.